The number of para-hydroxylation sites is 1. The van der Waals surface area contributed by atoms with E-state index < -0.39 is 6.04 Å². The number of benzene rings is 2. The Bertz CT molecular complexity index is 1160. The van der Waals surface area contributed by atoms with E-state index in [9.17, 15) is 14.0 Å². The predicted molar refractivity (Wildman–Crippen MR) is 133 cm³/mol. The average molecular weight is 480 g/mol. The average Bonchev–Trinajstić information content (AvgIpc) is 3.19. The van der Waals surface area contributed by atoms with E-state index in [0.717, 1.165) is 23.4 Å². The lowest BCUT2D eigenvalue weighted by atomic mass is 10.1. The van der Waals surface area contributed by atoms with Gasteiger partial charge in [-0.1, -0.05) is 37.2 Å². The monoisotopic (exact) mass is 479 g/mol. The maximum atomic E-state index is 13.2. The van der Waals surface area contributed by atoms with Gasteiger partial charge < -0.3 is 9.80 Å². The summed E-state index contributed by atoms with van der Waals surface area (Å²) in [5.41, 5.74) is 2.58. The number of amides is 2. The summed E-state index contributed by atoms with van der Waals surface area (Å²) in [6.45, 7) is 4.62. The van der Waals surface area contributed by atoms with Crippen LogP contribution in [0.3, 0.4) is 0 Å². The number of hydrogen-bond donors (Lipinski definition) is 0. The third kappa shape index (κ3) is 4.32. The van der Waals surface area contributed by atoms with Crippen molar-refractivity contribution in [2.45, 2.75) is 25.8 Å². The molecule has 2 aromatic carbocycles. The van der Waals surface area contributed by atoms with Gasteiger partial charge in [-0.3, -0.25) is 14.6 Å². The minimum absolute atomic E-state index is 0.0144. The number of aliphatic imine (C=N–C) groups is 2. The summed E-state index contributed by atoms with van der Waals surface area (Å²) in [4.78, 5) is 41.0. The number of nitrogens with zero attached hydrogens (tertiary/aromatic N) is 5. The highest BCUT2D eigenvalue weighted by molar-refractivity contribution is 8.14. The number of anilines is 1. The van der Waals surface area contributed by atoms with Crippen molar-refractivity contribution in [3.05, 3.63) is 59.9 Å². The maximum Gasteiger partial charge on any atom is 0.259 e. The van der Waals surface area contributed by atoms with Crippen LogP contribution >= 0.6 is 11.8 Å². The number of hydrogen-bond acceptors (Lipinski definition) is 6. The van der Waals surface area contributed by atoms with E-state index in [2.05, 4.69) is 4.90 Å². The Labute approximate surface area is 202 Å². The normalized spacial score (nSPS) is 19.5. The number of fused-ring (bicyclic) bond motifs is 3. The Kier molecular flexibility index (Phi) is 6.36. The summed E-state index contributed by atoms with van der Waals surface area (Å²) < 4.78 is 13.2. The third-order valence-corrected chi connectivity index (χ3v) is 7.18. The molecule has 0 unspecified atom stereocenters. The van der Waals surface area contributed by atoms with Crippen LogP contribution in [0.25, 0.3) is 0 Å². The molecule has 3 aliphatic rings. The summed E-state index contributed by atoms with van der Waals surface area (Å²) in [6.07, 6.45) is 1.56. The fourth-order valence-electron chi connectivity index (χ4n) is 4.44. The Hall–Kier alpha value is -3.20. The van der Waals surface area contributed by atoms with Gasteiger partial charge in [0.25, 0.3) is 5.91 Å². The largest absolute Gasteiger partial charge is 0.368 e. The fraction of sp³-hybridized carbons (Fsp3) is 0.360. The van der Waals surface area contributed by atoms with Crippen molar-refractivity contribution in [3.8, 4) is 0 Å². The van der Waals surface area contributed by atoms with Gasteiger partial charge in [0, 0.05) is 37.4 Å². The lowest BCUT2D eigenvalue weighted by Crippen LogP contribution is -2.49. The number of thioether (sulfide) groups is 1. The van der Waals surface area contributed by atoms with E-state index in [1.54, 1.807) is 17.0 Å². The second kappa shape index (κ2) is 9.58. The Morgan fingerprint density at radius 2 is 1.82 bits per heavy atom. The van der Waals surface area contributed by atoms with Crippen LogP contribution < -0.4 is 4.90 Å². The molecule has 1 saturated heterocycles. The molecule has 0 saturated carbocycles. The number of amidine groups is 2. The van der Waals surface area contributed by atoms with E-state index in [-0.39, 0.29) is 23.4 Å². The fourth-order valence-corrected chi connectivity index (χ4v) is 5.35. The van der Waals surface area contributed by atoms with Gasteiger partial charge in [-0.25, -0.2) is 14.3 Å². The standard InChI is InChI=1S/C25H26FN5O2S/c1-2-5-21-24(33)31-23(27-21)19-6-3-4-7-20(19)28-25(31)34-16-22(32)30-14-12-29(13-15-30)18-10-8-17(26)9-11-18/h3-4,6-11,21H,2,5,12-16H2,1H3/t21-/m0/s1. The molecule has 3 aliphatic heterocycles. The molecule has 9 heteroatoms. The van der Waals surface area contributed by atoms with Gasteiger partial charge in [-0.2, -0.15) is 0 Å². The van der Waals surface area contributed by atoms with Gasteiger partial charge >= 0.3 is 0 Å². The van der Waals surface area contributed by atoms with Gasteiger partial charge in [0.2, 0.25) is 5.91 Å². The van der Waals surface area contributed by atoms with Crippen molar-refractivity contribution in [1.29, 1.82) is 0 Å². The molecule has 0 aromatic heterocycles. The molecule has 34 heavy (non-hydrogen) atoms. The number of halogens is 1. The van der Waals surface area contributed by atoms with Crippen molar-refractivity contribution in [3.63, 3.8) is 0 Å². The molecule has 0 radical (unpaired) electrons. The highest BCUT2D eigenvalue weighted by atomic mass is 32.2. The first-order valence-electron chi connectivity index (χ1n) is 11.6. The van der Waals surface area contributed by atoms with Crippen molar-refractivity contribution in [2.24, 2.45) is 9.98 Å². The Morgan fingerprint density at radius 3 is 2.56 bits per heavy atom. The summed E-state index contributed by atoms with van der Waals surface area (Å²) >= 11 is 1.29. The van der Waals surface area contributed by atoms with Crippen LogP contribution in [0.2, 0.25) is 0 Å². The van der Waals surface area contributed by atoms with E-state index >= 15 is 0 Å². The summed E-state index contributed by atoms with van der Waals surface area (Å²) in [7, 11) is 0. The smallest absolute Gasteiger partial charge is 0.259 e. The second-order valence-electron chi connectivity index (χ2n) is 8.48. The highest BCUT2D eigenvalue weighted by Gasteiger charge is 2.41. The van der Waals surface area contributed by atoms with Crippen LogP contribution in [0.1, 0.15) is 25.3 Å². The molecule has 2 aromatic rings. The van der Waals surface area contributed by atoms with Crippen LogP contribution in [0.4, 0.5) is 15.8 Å². The van der Waals surface area contributed by atoms with Crippen molar-refractivity contribution in [2.75, 3.05) is 36.8 Å². The van der Waals surface area contributed by atoms with E-state index in [0.29, 0.717) is 43.6 Å². The van der Waals surface area contributed by atoms with Crippen molar-refractivity contribution in [1.82, 2.24) is 9.80 Å². The number of piperazine rings is 1. The van der Waals surface area contributed by atoms with E-state index in [1.807, 2.05) is 36.1 Å². The van der Waals surface area contributed by atoms with Crippen LogP contribution in [-0.4, -0.2) is 70.6 Å². The molecule has 7 nitrogen and oxygen atoms in total. The molecular formula is C25H26FN5O2S. The van der Waals surface area contributed by atoms with Gasteiger partial charge in [-0.05, 0) is 42.8 Å². The van der Waals surface area contributed by atoms with Crippen LogP contribution in [0.15, 0.2) is 58.5 Å². The predicted octanol–water partition coefficient (Wildman–Crippen LogP) is 3.67. The molecule has 3 heterocycles. The number of carbonyl (C=O) groups is 2. The lowest BCUT2D eigenvalue weighted by Gasteiger charge is -2.36. The minimum atomic E-state index is -0.396. The lowest BCUT2D eigenvalue weighted by molar-refractivity contribution is -0.128. The Morgan fingerprint density at radius 1 is 1.09 bits per heavy atom. The van der Waals surface area contributed by atoms with Crippen LogP contribution in [0.5, 0.6) is 0 Å². The SMILES string of the molecule is CCC[C@@H]1N=C2c3ccccc3N=C(SCC(=O)N3CCN(c4ccc(F)cc4)CC3)N2C1=O. The number of carbonyl (C=O) groups excluding carboxylic acids is 2. The first-order chi connectivity index (χ1) is 16.5. The molecule has 5 rings (SSSR count). The highest BCUT2D eigenvalue weighted by Crippen LogP contribution is 2.34. The second-order valence-corrected chi connectivity index (χ2v) is 9.42. The van der Waals surface area contributed by atoms with Crippen LogP contribution in [-0.2, 0) is 9.59 Å². The summed E-state index contributed by atoms with van der Waals surface area (Å²) in [5, 5.41) is 0.513. The number of rotatable bonds is 5. The van der Waals surface area contributed by atoms with Gasteiger partial charge in [0.15, 0.2) is 5.17 Å². The topological polar surface area (TPSA) is 68.6 Å². The summed E-state index contributed by atoms with van der Waals surface area (Å²) in [5.74, 6) is 0.525. The molecule has 1 fully saturated rings. The van der Waals surface area contributed by atoms with Gasteiger partial charge in [0.1, 0.15) is 17.7 Å². The van der Waals surface area contributed by atoms with E-state index in [4.69, 9.17) is 9.98 Å². The molecular weight excluding hydrogens is 453 g/mol. The molecule has 0 spiro atoms. The summed E-state index contributed by atoms with van der Waals surface area (Å²) in [6, 6.07) is 13.7. The van der Waals surface area contributed by atoms with Gasteiger partial charge in [0.05, 0.1) is 11.4 Å². The first-order valence-corrected chi connectivity index (χ1v) is 12.5. The first kappa shape index (κ1) is 22.6. The van der Waals surface area contributed by atoms with Crippen LogP contribution in [0, 0.1) is 5.82 Å². The molecule has 0 N–H and O–H groups in total. The van der Waals surface area contributed by atoms with E-state index in [1.165, 1.54) is 23.9 Å². The molecule has 0 aliphatic carbocycles. The zero-order valence-corrected chi connectivity index (χ0v) is 19.8. The quantitative estimate of drug-likeness (QED) is 0.656. The zero-order chi connectivity index (χ0) is 23.7. The molecule has 0 bridgehead atoms. The van der Waals surface area contributed by atoms with Crippen molar-refractivity contribution >= 4 is 46.0 Å². The zero-order valence-electron chi connectivity index (χ0n) is 19.0. The minimum Gasteiger partial charge on any atom is -0.368 e. The molecule has 1 atom stereocenters. The molecule has 2 amide bonds. The van der Waals surface area contributed by atoms with Gasteiger partial charge in [-0.15, -0.1) is 0 Å². The van der Waals surface area contributed by atoms with Crippen molar-refractivity contribution < 1.29 is 14.0 Å². The third-order valence-electron chi connectivity index (χ3n) is 6.26. The Balaban J connectivity index is 1.24. The molecule has 176 valence electrons. The maximum absolute atomic E-state index is 13.2.